The van der Waals surface area contributed by atoms with Gasteiger partial charge in [0.1, 0.15) is 0 Å². The van der Waals surface area contributed by atoms with Crippen LogP contribution < -0.4 is 10.2 Å². The van der Waals surface area contributed by atoms with E-state index in [2.05, 4.69) is 5.32 Å². The predicted molar refractivity (Wildman–Crippen MR) is 105 cm³/mol. The number of carbonyl (C=O) groups is 1. The average Bonchev–Trinajstić information content (AvgIpc) is 2.66. The van der Waals surface area contributed by atoms with E-state index in [4.69, 9.17) is 0 Å². The van der Waals surface area contributed by atoms with Crippen LogP contribution in [0.15, 0.2) is 42.5 Å². The first-order valence-corrected chi connectivity index (χ1v) is 9.43. The highest BCUT2D eigenvalue weighted by Crippen LogP contribution is 2.23. The standard InChI is InChI=1S/C21H25N3O3/c1-15-8-6-9-16(2)19(15)22-21(25)20(23-12-4-3-5-13-23)17-10-7-11-18(14-17)24(26)27/h6-11,14,20H,3-5,12-13H2,1-2H3,(H,22,25)/p+1/t20-/m0/s1. The van der Waals surface area contributed by atoms with Crippen LogP contribution in [0.4, 0.5) is 11.4 Å². The first-order chi connectivity index (χ1) is 13.0. The molecule has 2 aromatic rings. The van der Waals surface area contributed by atoms with E-state index < -0.39 is 11.0 Å². The van der Waals surface area contributed by atoms with E-state index in [1.807, 2.05) is 38.1 Å². The van der Waals surface area contributed by atoms with Crippen LogP contribution >= 0.6 is 0 Å². The van der Waals surface area contributed by atoms with Gasteiger partial charge in [0.2, 0.25) is 0 Å². The number of likely N-dealkylation sites (tertiary alicyclic amines) is 1. The van der Waals surface area contributed by atoms with Gasteiger partial charge in [0, 0.05) is 23.4 Å². The van der Waals surface area contributed by atoms with Crippen molar-refractivity contribution in [1.29, 1.82) is 0 Å². The van der Waals surface area contributed by atoms with Gasteiger partial charge < -0.3 is 10.2 Å². The molecule has 0 spiro atoms. The Morgan fingerprint density at radius 3 is 2.33 bits per heavy atom. The van der Waals surface area contributed by atoms with Crippen LogP contribution in [0.3, 0.4) is 0 Å². The molecule has 0 aromatic heterocycles. The fraction of sp³-hybridized carbons (Fsp3) is 0.381. The molecule has 6 heteroatoms. The molecule has 1 heterocycles. The minimum Gasteiger partial charge on any atom is -0.321 e. The Balaban J connectivity index is 1.95. The van der Waals surface area contributed by atoms with Gasteiger partial charge in [0.15, 0.2) is 6.04 Å². The number of anilines is 1. The van der Waals surface area contributed by atoms with Gasteiger partial charge in [-0.3, -0.25) is 14.9 Å². The van der Waals surface area contributed by atoms with Crippen molar-refractivity contribution >= 4 is 17.3 Å². The van der Waals surface area contributed by atoms with Crippen LogP contribution in [0.5, 0.6) is 0 Å². The second-order valence-corrected chi connectivity index (χ2v) is 7.26. The summed E-state index contributed by atoms with van der Waals surface area (Å²) in [4.78, 5) is 25.3. The van der Waals surface area contributed by atoms with E-state index in [1.54, 1.807) is 6.07 Å². The molecule has 1 aliphatic rings. The summed E-state index contributed by atoms with van der Waals surface area (Å²) in [7, 11) is 0. The number of piperidine rings is 1. The van der Waals surface area contributed by atoms with E-state index in [1.165, 1.54) is 23.5 Å². The molecule has 0 radical (unpaired) electrons. The minimum absolute atomic E-state index is 0.0220. The summed E-state index contributed by atoms with van der Waals surface area (Å²) >= 11 is 0. The van der Waals surface area contributed by atoms with Crippen LogP contribution in [0.1, 0.15) is 42.0 Å². The molecule has 1 atom stereocenters. The number of nitrogens with one attached hydrogen (secondary N) is 2. The first kappa shape index (κ1) is 19.0. The third-order valence-corrected chi connectivity index (χ3v) is 5.31. The van der Waals surface area contributed by atoms with E-state index in [9.17, 15) is 14.9 Å². The van der Waals surface area contributed by atoms with Gasteiger partial charge in [-0.25, -0.2) is 0 Å². The maximum absolute atomic E-state index is 13.3. The maximum Gasteiger partial charge on any atom is 0.287 e. The number of carbonyl (C=O) groups excluding carboxylic acids is 1. The molecule has 1 aliphatic heterocycles. The number of hydrogen-bond donors (Lipinski definition) is 2. The number of rotatable bonds is 5. The Morgan fingerprint density at radius 2 is 1.70 bits per heavy atom. The van der Waals surface area contributed by atoms with Gasteiger partial charge in [0.05, 0.1) is 18.0 Å². The molecule has 2 N–H and O–H groups in total. The largest absolute Gasteiger partial charge is 0.321 e. The minimum atomic E-state index is -0.454. The van der Waals surface area contributed by atoms with Crippen molar-refractivity contribution in [3.63, 3.8) is 0 Å². The lowest BCUT2D eigenvalue weighted by molar-refractivity contribution is -0.926. The Morgan fingerprint density at radius 1 is 1.07 bits per heavy atom. The summed E-state index contributed by atoms with van der Waals surface area (Å²) in [6, 6.07) is 11.9. The molecule has 0 aliphatic carbocycles. The average molecular weight is 368 g/mol. The normalized spacial score (nSPS) is 15.9. The lowest BCUT2D eigenvalue weighted by Crippen LogP contribution is -3.14. The van der Waals surface area contributed by atoms with Gasteiger partial charge in [-0.2, -0.15) is 0 Å². The van der Waals surface area contributed by atoms with Crippen LogP contribution in [0, 0.1) is 24.0 Å². The number of nitro groups is 1. The lowest BCUT2D eigenvalue weighted by atomic mass is 9.99. The summed E-state index contributed by atoms with van der Waals surface area (Å²) in [5.74, 6) is -0.107. The van der Waals surface area contributed by atoms with Crippen molar-refractivity contribution < 1.29 is 14.6 Å². The number of hydrogen-bond acceptors (Lipinski definition) is 3. The molecule has 1 saturated heterocycles. The zero-order chi connectivity index (χ0) is 19.4. The number of amides is 1. The summed E-state index contributed by atoms with van der Waals surface area (Å²) < 4.78 is 0. The van der Waals surface area contributed by atoms with Crippen LogP contribution in [0.25, 0.3) is 0 Å². The third kappa shape index (κ3) is 4.34. The van der Waals surface area contributed by atoms with Crippen LogP contribution in [0.2, 0.25) is 0 Å². The molecular formula is C21H26N3O3+. The summed E-state index contributed by atoms with van der Waals surface area (Å²) in [5, 5.41) is 14.3. The van der Waals surface area contributed by atoms with Crippen molar-refractivity contribution in [2.75, 3.05) is 18.4 Å². The topological polar surface area (TPSA) is 76.7 Å². The van der Waals surface area contributed by atoms with E-state index >= 15 is 0 Å². The molecule has 6 nitrogen and oxygen atoms in total. The van der Waals surface area contributed by atoms with Gasteiger partial charge in [0.25, 0.3) is 11.6 Å². The molecule has 2 aromatic carbocycles. The maximum atomic E-state index is 13.3. The van der Waals surface area contributed by atoms with E-state index in [0.717, 1.165) is 42.7 Å². The van der Waals surface area contributed by atoms with Crippen molar-refractivity contribution in [3.8, 4) is 0 Å². The number of nitro benzene ring substituents is 1. The zero-order valence-corrected chi connectivity index (χ0v) is 15.8. The lowest BCUT2D eigenvalue weighted by Gasteiger charge is -2.31. The smallest absolute Gasteiger partial charge is 0.287 e. The van der Waals surface area contributed by atoms with Crippen molar-refractivity contribution in [2.45, 2.75) is 39.2 Å². The van der Waals surface area contributed by atoms with Crippen molar-refractivity contribution in [2.24, 2.45) is 0 Å². The summed E-state index contributed by atoms with van der Waals surface area (Å²) in [6.45, 7) is 5.73. The molecule has 3 rings (SSSR count). The van der Waals surface area contributed by atoms with E-state index in [-0.39, 0.29) is 11.6 Å². The molecule has 27 heavy (non-hydrogen) atoms. The van der Waals surface area contributed by atoms with Gasteiger partial charge >= 0.3 is 0 Å². The number of non-ortho nitro benzene ring substituents is 1. The quantitative estimate of drug-likeness (QED) is 0.629. The highest BCUT2D eigenvalue weighted by molar-refractivity contribution is 5.96. The van der Waals surface area contributed by atoms with Gasteiger partial charge in [-0.1, -0.05) is 30.3 Å². The van der Waals surface area contributed by atoms with Crippen molar-refractivity contribution in [3.05, 3.63) is 69.3 Å². The Bertz CT molecular complexity index is 824. The summed E-state index contributed by atoms with van der Waals surface area (Å²) in [6.07, 6.45) is 3.30. The molecule has 1 fully saturated rings. The third-order valence-electron chi connectivity index (χ3n) is 5.31. The highest BCUT2D eigenvalue weighted by Gasteiger charge is 2.34. The first-order valence-electron chi connectivity index (χ1n) is 9.43. The second-order valence-electron chi connectivity index (χ2n) is 7.26. The molecule has 0 saturated carbocycles. The fourth-order valence-electron chi connectivity index (χ4n) is 3.89. The SMILES string of the molecule is Cc1cccc(C)c1NC(=O)[C@H](c1cccc([N+](=O)[O-])c1)[NH+]1CCCCC1. The number of benzene rings is 2. The molecule has 1 amide bonds. The highest BCUT2D eigenvalue weighted by atomic mass is 16.6. The van der Waals surface area contributed by atoms with Gasteiger partial charge in [-0.05, 0) is 44.2 Å². The summed E-state index contributed by atoms with van der Waals surface area (Å²) in [5.41, 5.74) is 3.57. The Kier molecular flexibility index (Phi) is 5.86. The fourth-order valence-corrected chi connectivity index (χ4v) is 3.89. The predicted octanol–water partition coefficient (Wildman–Crippen LogP) is 2.96. The Hall–Kier alpha value is -2.73. The molecule has 0 bridgehead atoms. The van der Waals surface area contributed by atoms with Crippen molar-refractivity contribution in [1.82, 2.24) is 0 Å². The van der Waals surface area contributed by atoms with Crippen LogP contribution in [-0.4, -0.2) is 23.9 Å². The Labute approximate surface area is 159 Å². The number of quaternary nitrogens is 1. The second kappa shape index (κ2) is 8.31. The monoisotopic (exact) mass is 368 g/mol. The molecular weight excluding hydrogens is 342 g/mol. The molecule has 142 valence electrons. The number of para-hydroxylation sites is 1. The van der Waals surface area contributed by atoms with Gasteiger partial charge in [-0.15, -0.1) is 0 Å². The van der Waals surface area contributed by atoms with Crippen LogP contribution in [-0.2, 0) is 4.79 Å². The van der Waals surface area contributed by atoms with E-state index in [0.29, 0.717) is 5.56 Å². The zero-order valence-electron chi connectivity index (χ0n) is 15.8. The molecule has 0 unspecified atom stereocenters. The number of aryl methyl sites for hydroxylation is 2. The number of nitrogens with zero attached hydrogens (tertiary/aromatic N) is 1.